The molecular weight excluding hydrogens is 450 g/mol. The van der Waals surface area contributed by atoms with Crippen molar-refractivity contribution in [3.05, 3.63) is 101 Å². The molecule has 1 heterocycles. The van der Waals surface area contributed by atoms with Gasteiger partial charge in [0, 0.05) is 13.1 Å². The van der Waals surface area contributed by atoms with Crippen LogP contribution in [0.3, 0.4) is 0 Å². The summed E-state index contributed by atoms with van der Waals surface area (Å²) in [4.78, 5) is 29.6. The van der Waals surface area contributed by atoms with Crippen LogP contribution in [-0.2, 0) is 17.9 Å². The number of nitrogens with one attached hydrogen (secondary N) is 2. The fraction of sp³-hybridized carbons (Fsp3) is 0.222. The molecule has 180 valence electrons. The third kappa shape index (κ3) is 5.54. The van der Waals surface area contributed by atoms with E-state index in [4.69, 9.17) is 0 Å². The van der Waals surface area contributed by atoms with Gasteiger partial charge in [0.15, 0.2) is 0 Å². The number of halogens is 2. The molecule has 3 aromatic carbocycles. The van der Waals surface area contributed by atoms with E-state index in [1.807, 2.05) is 54.9 Å². The summed E-state index contributed by atoms with van der Waals surface area (Å²) in [6.45, 7) is 4.41. The topological polar surface area (TPSA) is 76.0 Å². The number of fused-ring (bicyclic) bond motifs is 1. The van der Waals surface area contributed by atoms with Gasteiger partial charge in [-0.1, -0.05) is 56.3 Å². The van der Waals surface area contributed by atoms with Crippen LogP contribution in [0.1, 0.15) is 35.3 Å². The predicted octanol–water partition coefficient (Wildman–Crippen LogP) is 4.43. The lowest BCUT2D eigenvalue weighted by Crippen LogP contribution is -2.49. The van der Waals surface area contributed by atoms with Gasteiger partial charge in [0.1, 0.15) is 23.2 Å². The van der Waals surface area contributed by atoms with Crippen molar-refractivity contribution in [2.45, 2.75) is 33.0 Å². The second kappa shape index (κ2) is 10.5. The first-order valence-corrected chi connectivity index (χ1v) is 11.3. The number of rotatable bonds is 8. The third-order valence-corrected chi connectivity index (χ3v) is 5.80. The molecule has 1 aromatic heterocycles. The van der Waals surface area contributed by atoms with Crippen LogP contribution in [0, 0.1) is 17.6 Å². The predicted molar refractivity (Wildman–Crippen MR) is 130 cm³/mol. The van der Waals surface area contributed by atoms with Gasteiger partial charge in [0.25, 0.3) is 5.91 Å². The Morgan fingerprint density at radius 1 is 0.914 bits per heavy atom. The van der Waals surface area contributed by atoms with E-state index < -0.39 is 35.1 Å². The number of carbonyl (C=O) groups excluding carboxylic acids is 2. The van der Waals surface area contributed by atoms with Crippen molar-refractivity contribution in [3.63, 3.8) is 0 Å². The molecule has 0 aliphatic carbocycles. The Labute approximate surface area is 202 Å². The van der Waals surface area contributed by atoms with E-state index in [1.54, 1.807) is 13.8 Å². The fourth-order valence-electron chi connectivity index (χ4n) is 3.86. The molecule has 6 nitrogen and oxygen atoms in total. The minimum absolute atomic E-state index is 0.250. The number of hydrogen-bond acceptors (Lipinski definition) is 3. The lowest BCUT2D eigenvalue weighted by molar-refractivity contribution is -0.124. The average Bonchev–Trinajstić information content (AvgIpc) is 3.24. The Hall–Kier alpha value is -4.07. The Morgan fingerprint density at radius 3 is 2.26 bits per heavy atom. The minimum Gasteiger partial charge on any atom is -0.350 e. The first-order chi connectivity index (χ1) is 16.8. The van der Waals surface area contributed by atoms with Crippen LogP contribution in [-0.4, -0.2) is 27.4 Å². The zero-order chi connectivity index (χ0) is 24.9. The molecule has 0 saturated carbocycles. The number of para-hydroxylation sites is 2. The Bertz CT molecular complexity index is 1330. The zero-order valence-corrected chi connectivity index (χ0v) is 19.5. The summed E-state index contributed by atoms with van der Waals surface area (Å²) < 4.78 is 30.0. The smallest absolute Gasteiger partial charge is 0.257 e. The van der Waals surface area contributed by atoms with E-state index >= 15 is 0 Å². The van der Waals surface area contributed by atoms with Gasteiger partial charge in [-0.3, -0.25) is 9.59 Å². The molecule has 0 aliphatic heterocycles. The number of nitrogens with zero attached hydrogens (tertiary/aromatic N) is 2. The Morgan fingerprint density at radius 2 is 1.57 bits per heavy atom. The van der Waals surface area contributed by atoms with Crippen LogP contribution in [0.15, 0.2) is 73.1 Å². The van der Waals surface area contributed by atoms with Gasteiger partial charge < -0.3 is 15.2 Å². The molecule has 4 rings (SSSR count). The standard InChI is InChI=1S/C27H26F2N4O2/c1-17(2)25(32-26(34)24-20(28)6-5-7-21(24)29)27(35)30-14-18-10-12-19(13-11-18)15-33-16-31-22-8-3-4-9-23(22)33/h3-13,16-17,25H,14-15H2,1-2H3,(H,30,35)(H,32,34)/t25-/m0/s1. The van der Waals surface area contributed by atoms with Crippen LogP contribution in [0.25, 0.3) is 11.0 Å². The van der Waals surface area contributed by atoms with Gasteiger partial charge in [0.05, 0.1) is 17.4 Å². The number of carbonyl (C=O) groups is 2. The van der Waals surface area contributed by atoms with Crippen molar-refractivity contribution in [1.82, 2.24) is 20.2 Å². The van der Waals surface area contributed by atoms with Crippen molar-refractivity contribution in [1.29, 1.82) is 0 Å². The monoisotopic (exact) mass is 476 g/mol. The van der Waals surface area contributed by atoms with E-state index in [0.717, 1.165) is 34.3 Å². The molecule has 0 saturated heterocycles. The van der Waals surface area contributed by atoms with Crippen molar-refractivity contribution >= 4 is 22.8 Å². The molecule has 0 aliphatic rings. The van der Waals surface area contributed by atoms with Gasteiger partial charge in [-0.05, 0) is 41.3 Å². The number of imidazole rings is 1. The largest absolute Gasteiger partial charge is 0.350 e. The minimum atomic E-state index is -0.978. The summed E-state index contributed by atoms with van der Waals surface area (Å²) in [5, 5.41) is 5.26. The Kier molecular flexibility index (Phi) is 7.19. The lowest BCUT2D eigenvalue weighted by atomic mass is 10.0. The molecule has 0 spiro atoms. The molecule has 0 fully saturated rings. The summed E-state index contributed by atoms with van der Waals surface area (Å²) in [5.74, 6) is -3.64. The molecule has 35 heavy (non-hydrogen) atoms. The van der Waals surface area contributed by atoms with E-state index in [0.29, 0.717) is 6.54 Å². The zero-order valence-electron chi connectivity index (χ0n) is 19.5. The molecule has 1 atom stereocenters. The number of hydrogen-bond donors (Lipinski definition) is 2. The lowest BCUT2D eigenvalue weighted by Gasteiger charge is -2.22. The summed E-state index contributed by atoms with van der Waals surface area (Å²) in [7, 11) is 0. The molecule has 0 radical (unpaired) electrons. The van der Waals surface area contributed by atoms with Crippen molar-refractivity contribution in [3.8, 4) is 0 Å². The maximum atomic E-state index is 13.9. The molecule has 0 unspecified atom stereocenters. The Balaban J connectivity index is 1.37. The number of aromatic nitrogens is 2. The summed E-state index contributed by atoms with van der Waals surface area (Å²) in [6, 6.07) is 18.0. The van der Waals surface area contributed by atoms with Gasteiger partial charge in [-0.25, -0.2) is 13.8 Å². The van der Waals surface area contributed by atoms with Crippen LogP contribution < -0.4 is 10.6 Å². The van der Waals surface area contributed by atoms with Gasteiger partial charge in [0.2, 0.25) is 5.91 Å². The number of amides is 2. The second-order valence-electron chi connectivity index (χ2n) is 8.69. The highest BCUT2D eigenvalue weighted by molar-refractivity contribution is 5.98. The van der Waals surface area contributed by atoms with Gasteiger partial charge in [-0.2, -0.15) is 0 Å². The first-order valence-electron chi connectivity index (χ1n) is 11.3. The normalized spacial score (nSPS) is 12.0. The van der Waals surface area contributed by atoms with Crippen molar-refractivity contribution in [2.24, 2.45) is 5.92 Å². The van der Waals surface area contributed by atoms with E-state index in [1.165, 1.54) is 6.07 Å². The molecule has 4 aromatic rings. The molecule has 8 heteroatoms. The molecule has 2 N–H and O–H groups in total. The molecular formula is C27H26F2N4O2. The SMILES string of the molecule is CC(C)[C@H](NC(=O)c1c(F)cccc1F)C(=O)NCc1ccc(Cn2cnc3ccccc32)cc1. The quantitative estimate of drug-likeness (QED) is 0.395. The molecule has 2 amide bonds. The van der Waals surface area contributed by atoms with Crippen molar-refractivity contribution < 1.29 is 18.4 Å². The highest BCUT2D eigenvalue weighted by Gasteiger charge is 2.27. The third-order valence-electron chi connectivity index (χ3n) is 5.80. The average molecular weight is 477 g/mol. The summed E-state index contributed by atoms with van der Waals surface area (Å²) in [5.41, 5.74) is 3.26. The highest BCUT2D eigenvalue weighted by Crippen LogP contribution is 2.16. The first kappa shape index (κ1) is 24.1. The van der Waals surface area contributed by atoms with Crippen molar-refractivity contribution in [2.75, 3.05) is 0 Å². The van der Waals surface area contributed by atoms with E-state index in [-0.39, 0.29) is 12.5 Å². The maximum absolute atomic E-state index is 13.9. The highest BCUT2D eigenvalue weighted by atomic mass is 19.1. The van der Waals surface area contributed by atoms with Crippen LogP contribution in [0.5, 0.6) is 0 Å². The summed E-state index contributed by atoms with van der Waals surface area (Å²) >= 11 is 0. The second-order valence-corrected chi connectivity index (χ2v) is 8.69. The summed E-state index contributed by atoms with van der Waals surface area (Å²) in [6.07, 6.45) is 1.81. The maximum Gasteiger partial charge on any atom is 0.257 e. The van der Waals surface area contributed by atoms with Crippen LogP contribution >= 0.6 is 0 Å². The van der Waals surface area contributed by atoms with E-state index in [9.17, 15) is 18.4 Å². The van der Waals surface area contributed by atoms with Gasteiger partial charge >= 0.3 is 0 Å². The van der Waals surface area contributed by atoms with Gasteiger partial charge in [-0.15, -0.1) is 0 Å². The van der Waals surface area contributed by atoms with E-state index in [2.05, 4.69) is 20.2 Å². The van der Waals surface area contributed by atoms with Crippen LogP contribution in [0.2, 0.25) is 0 Å². The fourth-order valence-corrected chi connectivity index (χ4v) is 3.86. The van der Waals surface area contributed by atoms with Crippen LogP contribution in [0.4, 0.5) is 8.78 Å². The molecule has 0 bridgehead atoms. The number of benzene rings is 3.